The number of nitrogens with zero attached hydrogens (tertiary/aromatic N) is 15. The summed E-state index contributed by atoms with van der Waals surface area (Å²) < 4.78 is 24.5. The summed E-state index contributed by atoms with van der Waals surface area (Å²) in [5, 5.41) is 35.7. The predicted octanol–water partition coefficient (Wildman–Crippen LogP) is 7.02. The summed E-state index contributed by atoms with van der Waals surface area (Å²) in [6.45, 7) is 12.7. The molecule has 2 fully saturated rings. The summed E-state index contributed by atoms with van der Waals surface area (Å²) in [5.74, 6) is 4.06. The lowest BCUT2D eigenvalue weighted by Crippen LogP contribution is -2.22. The minimum absolute atomic E-state index is 0.00349. The Balaban J connectivity index is 0.000000167. The molecule has 6 atom stereocenters. The van der Waals surface area contributed by atoms with Crippen LogP contribution >= 0.6 is 0 Å². The Morgan fingerprint density at radius 2 is 1.27 bits per heavy atom. The number of hydrogen-bond acceptors (Lipinski definition) is 15. The molecular formula is C44H50N16O3Si. The van der Waals surface area contributed by atoms with Crippen LogP contribution in [0.5, 0.6) is 11.8 Å². The van der Waals surface area contributed by atoms with Crippen molar-refractivity contribution < 1.29 is 14.2 Å². The monoisotopic (exact) mass is 878 g/mol. The van der Waals surface area contributed by atoms with Crippen molar-refractivity contribution >= 4 is 41.7 Å². The number of fused-ring (bicyclic) bond motifs is 6. The Hall–Kier alpha value is -6.90. The fourth-order valence-electron chi connectivity index (χ4n) is 9.14. The van der Waals surface area contributed by atoms with E-state index in [0.717, 1.165) is 96.4 Å². The third-order valence-corrected chi connectivity index (χ3v) is 14.1. The Bertz CT molecular complexity index is 2960. The molecule has 0 bridgehead atoms. The van der Waals surface area contributed by atoms with Crippen LogP contribution in [0.15, 0.2) is 61.7 Å². The van der Waals surface area contributed by atoms with Crippen molar-refractivity contribution in [2.75, 3.05) is 6.61 Å². The van der Waals surface area contributed by atoms with Crippen LogP contribution < -0.4 is 9.47 Å². The topological polar surface area (TPSA) is 234 Å². The number of ether oxygens (including phenoxy) is 3. The lowest BCUT2D eigenvalue weighted by molar-refractivity contribution is 0.0899. The third kappa shape index (κ3) is 8.71. The van der Waals surface area contributed by atoms with Crippen LogP contribution in [0.1, 0.15) is 87.2 Å². The molecule has 64 heavy (non-hydrogen) atoms. The maximum atomic E-state index is 8.95. The van der Waals surface area contributed by atoms with Crippen molar-refractivity contribution in [3.8, 4) is 23.9 Å². The zero-order valence-corrected chi connectivity index (χ0v) is 37.5. The van der Waals surface area contributed by atoms with Crippen LogP contribution in [0.3, 0.4) is 0 Å². The Morgan fingerprint density at radius 3 is 1.80 bits per heavy atom. The molecule has 10 rings (SSSR count). The number of aromatic amines is 1. The van der Waals surface area contributed by atoms with E-state index in [0.29, 0.717) is 30.3 Å². The molecule has 0 spiro atoms. The highest BCUT2D eigenvalue weighted by molar-refractivity contribution is 6.76. The first-order chi connectivity index (χ1) is 31.1. The number of nitrogens with one attached hydrogen (secondary N) is 1. The molecule has 0 radical (unpaired) electrons. The van der Waals surface area contributed by atoms with Gasteiger partial charge in [-0.3, -0.25) is 8.80 Å². The van der Waals surface area contributed by atoms with E-state index >= 15 is 0 Å². The standard InChI is InChI=1S/C25H32N8O2Si.C19H18N8O/c1-5-17-10-19(35-23-15-27-18(12-26)13-28-23)11-20(17)24-31-30-22-14-29-25-21(33(22)24)6-7-32(25)16-34-8-9-36(2,3)4;1-2-11-5-13(28-17-10-22-12(7-20)8-23-17)6-14(11)19-26-25-16-9-24-18-15(27(16)19)3-4-21-18/h6-7,13-15,17,19-20H,5,8-11,16H2,1-4H3;3-4,8-11,13-14,21H,2,5-6H2,1H3. The van der Waals surface area contributed by atoms with E-state index < -0.39 is 8.07 Å². The molecule has 8 aromatic rings. The highest BCUT2D eigenvalue weighted by Gasteiger charge is 2.40. The molecule has 8 aromatic heterocycles. The van der Waals surface area contributed by atoms with Crippen LogP contribution in [0.4, 0.5) is 0 Å². The van der Waals surface area contributed by atoms with Gasteiger partial charge in [0.2, 0.25) is 11.8 Å². The number of aromatic nitrogens is 14. The fraction of sp³-hybridized carbons (Fsp3) is 0.455. The molecular weight excluding hydrogens is 829 g/mol. The molecule has 1 N–H and O–H groups in total. The molecule has 0 aliphatic heterocycles. The summed E-state index contributed by atoms with van der Waals surface area (Å²) >= 11 is 0. The number of nitriles is 2. The normalized spacial score (nSPS) is 21.0. The Labute approximate surface area is 369 Å². The van der Waals surface area contributed by atoms with E-state index in [1.54, 1.807) is 12.4 Å². The summed E-state index contributed by atoms with van der Waals surface area (Å²) in [6.07, 6.45) is 18.8. The van der Waals surface area contributed by atoms with Gasteiger partial charge < -0.3 is 23.8 Å². The molecule has 8 heterocycles. The van der Waals surface area contributed by atoms with Crippen molar-refractivity contribution in [2.24, 2.45) is 11.8 Å². The first kappa shape index (κ1) is 42.4. The van der Waals surface area contributed by atoms with E-state index in [-0.39, 0.29) is 35.4 Å². The zero-order chi connectivity index (χ0) is 44.4. The van der Waals surface area contributed by atoms with Gasteiger partial charge in [0, 0.05) is 38.9 Å². The minimum atomic E-state index is -1.13. The van der Waals surface area contributed by atoms with Crippen LogP contribution in [0.2, 0.25) is 25.7 Å². The van der Waals surface area contributed by atoms with Crippen LogP contribution in [-0.2, 0) is 11.5 Å². The molecule has 2 saturated carbocycles. The molecule has 2 aliphatic carbocycles. The van der Waals surface area contributed by atoms with E-state index in [4.69, 9.17) is 24.7 Å². The highest BCUT2D eigenvalue weighted by Crippen LogP contribution is 2.44. The SMILES string of the molecule is CCC1CC(Oc2cnc(C#N)cn2)CC1c1nnc2cnc3[nH]ccc3n12.CCC1CC(Oc2cnc(C#N)cn2)CC1c1nnc2cnc3c(ccn3COCC[Si](C)(C)C)n12. The molecule has 328 valence electrons. The minimum Gasteiger partial charge on any atom is -0.473 e. The van der Waals surface area contributed by atoms with Gasteiger partial charge in [-0.05, 0) is 55.7 Å². The molecule has 19 nitrogen and oxygen atoms in total. The zero-order valence-electron chi connectivity index (χ0n) is 36.5. The van der Waals surface area contributed by atoms with Crippen molar-refractivity contribution in [1.29, 1.82) is 10.5 Å². The number of rotatable bonds is 13. The van der Waals surface area contributed by atoms with Gasteiger partial charge in [0.25, 0.3) is 0 Å². The molecule has 0 amide bonds. The van der Waals surface area contributed by atoms with Gasteiger partial charge in [0.15, 0.2) is 34.0 Å². The Morgan fingerprint density at radius 1 is 0.688 bits per heavy atom. The second kappa shape index (κ2) is 18.1. The highest BCUT2D eigenvalue weighted by atomic mass is 28.3. The molecule has 0 saturated heterocycles. The van der Waals surface area contributed by atoms with E-state index in [1.807, 2.05) is 35.2 Å². The second-order valence-electron chi connectivity index (χ2n) is 17.7. The van der Waals surface area contributed by atoms with Crippen LogP contribution in [0.25, 0.3) is 33.6 Å². The van der Waals surface area contributed by atoms with Crippen molar-refractivity contribution in [1.82, 2.24) is 68.7 Å². The van der Waals surface area contributed by atoms with Crippen molar-refractivity contribution in [2.45, 2.75) is 109 Å². The third-order valence-electron chi connectivity index (χ3n) is 12.4. The smallest absolute Gasteiger partial charge is 0.232 e. The van der Waals surface area contributed by atoms with E-state index in [2.05, 4.69) is 104 Å². The quantitative estimate of drug-likeness (QED) is 0.0905. The second-order valence-corrected chi connectivity index (χ2v) is 23.4. The first-order valence-corrected chi connectivity index (χ1v) is 25.5. The summed E-state index contributed by atoms with van der Waals surface area (Å²) in [5.41, 5.74) is 5.70. The average molecular weight is 879 g/mol. The van der Waals surface area contributed by atoms with Crippen LogP contribution in [-0.4, -0.2) is 95.5 Å². The number of hydrogen-bond donors (Lipinski definition) is 1. The van der Waals surface area contributed by atoms with Gasteiger partial charge in [-0.25, -0.2) is 29.9 Å². The maximum absolute atomic E-state index is 8.95. The maximum Gasteiger partial charge on any atom is 0.232 e. The first-order valence-electron chi connectivity index (χ1n) is 21.8. The molecule has 2 aliphatic rings. The average Bonchev–Trinajstić information content (AvgIpc) is 4.17. The van der Waals surface area contributed by atoms with E-state index in [1.165, 1.54) is 24.8 Å². The van der Waals surface area contributed by atoms with Gasteiger partial charge in [0.05, 0.1) is 48.2 Å². The Kier molecular flexibility index (Phi) is 12.0. The summed E-state index contributed by atoms with van der Waals surface area (Å²) in [6, 6.07) is 9.15. The van der Waals surface area contributed by atoms with E-state index in [9.17, 15) is 0 Å². The summed E-state index contributed by atoms with van der Waals surface area (Å²) in [7, 11) is -1.13. The van der Waals surface area contributed by atoms with Crippen molar-refractivity contribution in [3.63, 3.8) is 0 Å². The van der Waals surface area contributed by atoms with Gasteiger partial charge in [-0.1, -0.05) is 46.3 Å². The lowest BCUT2D eigenvalue weighted by Gasteiger charge is -2.16. The lowest BCUT2D eigenvalue weighted by atomic mass is 9.93. The van der Waals surface area contributed by atoms with Gasteiger partial charge in [-0.2, -0.15) is 10.5 Å². The van der Waals surface area contributed by atoms with Gasteiger partial charge in [-0.15, -0.1) is 20.4 Å². The largest absolute Gasteiger partial charge is 0.473 e. The summed E-state index contributed by atoms with van der Waals surface area (Å²) in [4.78, 5) is 28.7. The van der Waals surface area contributed by atoms with Crippen LogP contribution in [0, 0.1) is 34.5 Å². The molecule has 0 aromatic carbocycles. The fourth-order valence-corrected chi connectivity index (χ4v) is 9.89. The van der Waals surface area contributed by atoms with Gasteiger partial charge in [0.1, 0.15) is 42.7 Å². The molecule has 6 unspecified atom stereocenters. The van der Waals surface area contributed by atoms with Gasteiger partial charge >= 0.3 is 0 Å². The van der Waals surface area contributed by atoms with Crippen molar-refractivity contribution in [3.05, 3.63) is 84.7 Å². The molecule has 20 heteroatoms. The predicted molar refractivity (Wildman–Crippen MR) is 237 cm³/mol. The number of H-pyrrole nitrogens is 1.